The molecule has 3 aromatic rings. The standard InChI is InChI=1S/C29H34ClN3O4S/c1-6-31-29(35)23(5)32(18-24-12-14-25(30)15-13-24)28(34)19-33(27-9-7-8-21(3)22(27)4)38(36,37)26-16-10-20(2)11-17-26/h7-17,23H,6,18-19H2,1-5H3,(H,31,35). The van der Waals surface area contributed by atoms with E-state index in [9.17, 15) is 18.0 Å². The van der Waals surface area contributed by atoms with Gasteiger partial charge in [-0.3, -0.25) is 13.9 Å². The van der Waals surface area contributed by atoms with Crippen molar-refractivity contribution in [3.8, 4) is 0 Å². The third kappa shape index (κ3) is 6.74. The molecule has 38 heavy (non-hydrogen) atoms. The number of carbonyl (C=O) groups is 2. The average molecular weight is 556 g/mol. The molecule has 0 radical (unpaired) electrons. The van der Waals surface area contributed by atoms with Crippen molar-refractivity contribution in [3.05, 3.63) is 94.0 Å². The molecule has 0 spiro atoms. The quantitative estimate of drug-likeness (QED) is 0.381. The number of benzene rings is 3. The van der Waals surface area contributed by atoms with Crippen LogP contribution in [0.3, 0.4) is 0 Å². The van der Waals surface area contributed by atoms with E-state index in [2.05, 4.69) is 5.32 Å². The lowest BCUT2D eigenvalue weighted by atomic mass is 10.1. The van der Waals surface area contributed by atoms with Gasteiger partial charge in [0.05, 0.1) is 10.6 Å². The number of hydrogen-bond acceptors (Lipinski definition) is 4. The highest BCUT2D eigenvalue weighted by atomic mass is 35.5. The van der Waals surface area contributed by atoms with Gasteiger partial charge in [0.1, 0.15) is 12.6 Å². The minimum Gasteiger partial charge on any atom is -0.355 e. The molecule has 0 aliphatic rings. The first-order valence-corrected chi connectivity index (χ1v) is 14.2. The van der Waals surface area contributed by atoms with Crippen LogP contribution in [-0.4, -0.2) is 44.3 Å². The molecule has 1 N–H and O–H groups in total. The van der Waals surface area contributed by atoms with Crippen LogP contribution in [0.1, 0.15) is 36.1 Å². The lowest BCUT2D eigenvalue weighted by molar-refractivity contribution is -0.139. The van der Waals surface area contributed by atoms with Gasteiger partial charge in [0, 0.05) is 18.1 Å². The minimum atomic E-state index is -4.11. The van der Waals surface area contributed by atoms with Crippen LogP contribution < -0.4 is 9.62 Å². The second kappa shape index (κ2) is 12.5. The van der Waals surface area contributed by atoms with Crippen molar-refractivity contribution in [2.75, 3.05) is 17.4 Å². The Balaban J connectivity index is 2.07. The third-order valence-corrected chi connectivity index (χ3v) is 8.54. The fourth-order valence-corrected chi connectivity index (χ4v) is 5.65. The highest BCUT2D eigenvalue weighted by Crippen LogP contribution is 2.29. The van der Waals surface area contributed by atoms with Crippen LogP contribution in [0.2, 0.25) is 5.02 Å². The molecule has 0 saturated heterocycles. The molecule has 0 aromatic heterocycles. The van der Waals surface area contributed by atoms with E-state index in [0.717, 1.165) is 26.6 Å². The van der Waals surface area contributed by atoms with E-state index in [1.165, 1.54) is 17.0 Å². The van der Waals surface area contributed by atoms with Gasteiger partial charge in [0.15, 0.2) is 0 Å². The SMILES string of the molecule is CCNC(=O)C(C)N(Cc1ccc(Cl)cc1)C(=O)CN(c1cccc(C)c1C)S(=O)(=O)c1ccc(C)cc1. The molecule has 0 aliphatic carbocycles. The highest BCUT2D eigenvalue weighted by Gasteiger charge is 2.33. The molecule has 202 valence electrons. The number of carbonyl (C=O) groups excluding carboxylic acids is 2. The van der Waals surface area contributed by atoms with E-state index in [4.69, 9.17) is 11.6 Å². The first kappa shape index (κ1) is 29.2. The third-order valence-electron chi connectivity index (χ3n) is 6.52. The maximum Gasteiger partial charge on any atom is 0.264 e. The predicted molar refractivity (Wildman–Crippen MR) is 152 cm³/mol. The van der Waals surface area contributed by atoms with Crippen molar-refractivity contribution in [3.63, 3.8) is 0 Å². The lowest BCUT2D eigenvalue weighted by Crippen LogP contribution is -2.51. The molecule has 9 heteroatoms. The maximum atomic E-state index is 13.9. The molecule has 0 heterocycles. The number of amides is 2. The van der Waals surface area contributed by atoms with Crippen molar-refractivity contribution in [1.29, 1.82) is 0 Å². The lowest BCUT2D eigenvalue weighted by Gasteiger charge is -2.32. The number of nitrogens with one attached hydrogen (secondary N) is 1. The fourth-order valence-electron chi connectivity index (χ4n) is 4.05. The molecule has 0 bridgehead atoms. The first-order valence-electron chi connectivity index (χ1n) is 12.4. The van der Waals surface area contributed by atoms with Gasteiger partial charge in [-0.25, -0.2) is 8.42 Å². The molecule has 2 amide bonds. The minimum absolute atomic E-state index is 0.0813. The first-order chi connectivity index (χ1) is 17.9. The van der Waals surface area contributed by atoms with Crippen LogP contribution >= 0.6 is 11.6 Å². The molecule has 0 fully saturated rings. The number of halogens is 1. The Morgan fingerprint density at radius 2 is 1.58 bits per heavy atom. The van der Waals surface area contributed by atoms with Crippen molar-refractivity contribution >= 4 is 39.1 Å². The number of likely N-dealkylation sites (N-methyl/N-ethyl adjacent to an activating group) is 1. The van der Waals surface area contributed by atoms with Crippen LogP contribution in [0.15, 0.2) is 71.6 Å². The molecular formula is C29H34ClN3O4S. The number of aryl methyl sites for hydroxylation is 2. The normalized spacial score (nSPS) is 12.1. The maximum absolute atomic E-state index is 13.9. The van der Waals surface area contributed by atoms with E-state index in [1.807, 2.05) is 26.8 Å². The molecule has 0 saturated carbocycles. The summed E-state index contributed by atoms with van der Waals surface area (Å²) < 4.78 is 29.0. The Labute approximate surface area is 230 Å². The number of hydrogen-bond donors (Lipinski definition) is 1. The summed E-state index contributed by atoms with van der Waals surface area (Å²) >= 11 is 6.03. The van der Waals surface area contributed by atoms with Crippen molar-refractivity contribution < 1.29 is 18.0 Å². The highest BCUT2D eigenvalue weighted by molar-refractivity contribution is 7.92. The molecule has 3 rings (SSSR count). The van der Waals surface area contributed by atoms with Gasteiger partial charge in [-0.05, 0) is 81.6 Å². The van der Waals surface area contributed by atoms with E-state index in [-0.39, 0.29) is 17.3 Å². The summed E-state index contributed by atoms with van der Waals surface area (Å²) in [5.74, 6) is -0.829. The Morgan fingerprint density at radius 3 is 2.18 bits per heavy atom. The summed E-state index contributed by atoms with van der Waals surface area (Å²) in [4.78, 5) is 28.2. The Bertz CT molecular complexity index is 1390. The Morgan fingerprint density at radius 1 is 0.947 bits per heavy atom. The zero-order valence-corrected chi connectivity index (χ0v) is 23.9. The summed E-state index contributed by atoms with van der Waals surface area (Å²) in [6.45, 7) is 9.07. The second-order valence-corrected chi connectivity index (χ2v) is 11.6. The largest absolute Gasteiger partial charge is 0.355 e. The summed E-state index contributed by atoms with van der Waals surface area (Å²) in [6.07, 6.45) is 0. The zero-order valence-electron chi connectivity index (χ0n) is 22.4. The second-order valence-electron chi connectivity index (χ2n) is 9.26. The molecule has 1 unspecified atom stereocenters. The zero-order chi connectivity index (χ0) is 28.0. The number of anilines is 1. The summed E-state index contributed by atoms with van der Waals surface area (Å²) in [7, 11) is -4.11. The van der Waals surface area contributed by atoms with E-state index in [1.54, 1.807) is 62.4 Å². The van der Waals surface area contributed by atoms with Crippen LogP contribution in [-0.2, 0) is 26.2 Å². The van der Waals surface area contributed by atoms with Crippen molar-refractivity contribution in [2.45, 2.75) is 52.1 Å². The molecular weight excluding hydrogens is 522 g/mol. The van der Waals surface area contributed by atoms with Gasteiger partial charge in [0.25, 0.3) is 10.0 Å². The van der Waals surface area contributed by atoms with E-state index in [0.29, 0.717) is 17.3 Å². The van der Waals surface area contributed by atoms with Crippen LogP contribution in [0, 0.1) is 20.8 Å². The van der Waals surface area contributed by atoms with Crippen molar-refractivity contribution in [1.82, 2.24) is 10.2 Å². The summed E-state index contributed by atoms with van der Waals surface area (Å²) in [6, 6.07) is 18.0. The topological polar surface area (TPSA) is 86.8 Å². The van der Waals surface area contributed by atoms with E-state index < -0.39 is 28.5 Å². The van der Waals surface area contributed by atoms with Gasteiger partial charge >= 0.3 is 0 Å². The summed E-state index contributed by atoms with van der Waals surface area (Å²) in [5.41, 5.74) is 3.74. The van der Waals surface area contributed by atoms with Crippen LogP contribution in [0.25, 0.3) is 0 Å². The Kier molecular flexibility index (Phi) is 9.57. The average Bonchev–Trinajstić information content (AvgIpc) is 2.88. The molecule has 7 nitrogen and oxygen atoms in total. The number of sulfonamides is 1. The fraction of sp³-hybridized carbons (Fsp3) is 0.310. The molecule has 1 atom stereocenters. The van der Waals surface area contributed by atoms with Crippen LogP contribution in [0.4, 0.5) is 5.69 Å². The van der Waals surface area contributed by atoms with E-state index >= 15 is 0 Å². The monoisotopic (exact) mass is 555 g/mol. The van der Waals surface area contributed by atoms with Gasteiger partial charge in [-0.15, -0.1) is 0 Å². The smallest absolute Gasteiger partial charge is 0.264 e. The van der Waals surface area contributed by atoms with Gasteiger partial charge in [0.2, 0.25) is 11.8 Å². The Hall–Kier alpha value is -3.36. The van der Waals surface area contributed by atoms with Gasteiger partial charge in [-0.2, -0.15) is 0 Å². The van der Waals surface area contributed by atoms with Crippen LogP contribution in [0.5, 0.6) is 0 Å². The molecule has 0 aliphatic heterocycles. The molecule has 3 aromatic carbocycles. The van der Waals surface area contributed by atoms with Gasteiger partial charge < -0.3 is 10.2 Å². The number of rotatable bonds is 10. The van der Waals surface area contributed by atoms with Gasteiger partial charge in [-0.1, -0.05) is 53.6 Å². The predicted octanol–water partition coefficient (Wildman–Crippen LogP) is 5.01. The van der Waals surface area contributed by atoms with Crippen molar-refractivity contribution in [2.24, 2.45) is 0 Å². The number of nitrogens with zero attached hydrogens (tertiary/aromatic N) is 2. The summed E-state index contributed by atoms with van der Waals surface area (Å²) in [5, 5.41) is 3.30.